The van der Waals surface area contributed by atoms with E-state index >= 15 is 0 Å². The number of hydrogen-bond acceptors (Lipinski definition) is 4. The zero-order valence-electron chi connectivity index (χ0n) is 19.1. The largest absolute Gasteiger partial charge is 0.351 e. The predicted octanol–water partition coefficient (Wildman–Crippen LogP) is 3.86. The van der Waals surface area contributed by atoms with Crippen LogP contribution in [0.2, 0.25) is 5.02 Å². The third-order valence-electron chi connectivity index (χ3n) is 6.57. The van der Waals surface area contributed by atoms with E-state index in [1.54, 1.807) is 36.1 Å². The van der Waals surface area contributed by atoms with E-state index in [1.165, 1.54) is 10.7 Å². The van der Waals surface area contributed by atoms with Crippen LogP contribution in [-0.4, -0.2) is 50.5 Å². The predicted molar refractivity (Wildman–Crippen MR) is 126 cm³/mol. The maximum absolute atomic E-state index is 13.5. The zero-order valence-corrected chi connectivity index (χ0v) is 19.8. The molecule has 0 spiro atoms. The van der Waals surface area contributed by atoms with E-state index in [4.69, 9.17) is 11.6 Å². The minimum absolute atomic E-state index is 0.106. The number of aromatic nitrogens is 2. The van der Waals surface area contributed by atoms with Crippen molar-refractivity contribution in [1.82, 2.24) is 20.0 Å². The number of anilines is 1. The minimum Gasteiger partial charge on any atom is -0.351 e. The van der Waals surface area contributed by atoms with Gasteiger partial charge >= 0.3 is 0 Å². The number of amides is 3. The van der Waals surface area contributed by atoms with Crippen molar-refractivity contribution in [2.45, 2.75) is 70.5 Å². The maximum Gasteiger partial charge on any atom is 0.276 e. The molecule has 33 heavy (non-hydrogen) atoms. The van der Waals surface area contributed by atoms with Crippen LogP contribution in [0.25, 0.3) is 0 Å². The van der Waals surface area contributed by atoms with Gasteiger partial charge in [-0.3, -0.25) is 19.1 Å². The van der Waals surface area contributed by atoms with Gasteiger partial charge in [0.1, 0.15) is 11.2 Å². The van der Waals surface area contributed by atoms with Crippen molar-refractivity contribution >= 4 is 35.0 Å². The van der Waals surface area contributed by atoms with E-state index in [0.717, 1.165) is 38.5 Å². The zero-order chi connectivity index (χ0) is 23.6. The highest BCUT2D eigenvalue weighted by molar-refractivity contribution is 6.33. The van der Waals surface area contributed by atoms with E-state index < -0.39 is 11.4 Å². The molecule has 1 aliphatic carbocycles. The molecule has 4 rings (SSSR count). The first kappa shape index (κ1) is 23.3. The van der Waals surface area contributed by atoms with Gasteiger partial charge < -0.3 is 15.5 Å². The minimum atomic E-state index is -1.08. The van der Waals surface area contributed by atoms with Crippen LogP contribution in [0.5, 0.6) is 0 Å². The molecule has 2 heterocycles. The number of rotatable bonds is 7. The smallest absolute Gasteiger partial charge is 0.276 e. The van der Waals surface area contributed by atoms with Gasteiger partial charge in [0.2, 0.25) is 5.91 Å². The molecule has 0 unspecified atom stereocenters. The first-order chi connectivity index (χ1) is 15.8. The van der Waals surface area contributed by atoms with Crippen LogP contribution in [0.4, 0.5) is 5.69 Å². The summed E-state index contributed by atoms with van der Waals surface area (Å²) in [6, 6.07) is 8.55. The third kappa shape index (κ3) is 4.62. The molecule has 2 aromatic rings. The highest BCUT2D eigenvalue weighted by Crippen LogP contribution is 2.30. The number of carbonyl (C=O) groups excluding carboxylic acids is 3. The number of nitrogens with one attached hydrogen (secondary N) is 2. The van der Waals surface area contributed by atoms with Gasteiger partial charge in [0.25, 0.3) is 11.8 Å². The number of hydrogen-bond donors (Lipinski definition) is 2. The lowest BCUT2D eigenvalue weighted by atomic mass is 9.94. The van der Waals surface area contributed by atoms with Crippen molar-refractivity contribution in [1.29, 1.82) is 0 Å². The molecular formula is C24H30ClN5O3. The molecule has 8 nitrogen and oxygen atoms in total. The lowest BCUT2D eigenvalue weighted by molar-refractivity contribution is -0.133. The topological polar surface area (TPSA) is 96.3 Å². The molecular weight excluding hydrogens is 442 g/mol. The third-order valence-corrected chi connectivity index (χ3v) is 6.90. The van der Waals surface area contributed by atoms with Crippen LogP contribution in [0.3, 0.4) is 0 Å². The summed E-state index contributed by atoms with van der Waals surface area (Å²) in [6.45, 7) is 4.50. The van der Waals surface area contributed by atoms with Crippen LogP contribution in [0.1, 0.15) is 73.3 Å². The normalized spacial score (nSPS) is 20.6. The van der Waals surface area contributed by atoms with Gasteiger partial charge in [0.05, 0.1) is 17.3 Å². The van der Waals surface area contributed by atoms with Gasteiger partial charge in [-0.05, 0) is 38.3 Å². The first-order valence-corrected chi connectivity index (χ1v) is 12.0. The Labute approximate surface area is 198 Å². The van der Waals surface area contributed by atoms with Gasteiger partial charge in [-0.25, -0.2) is 0 Å². The second-order valence-corrected chi connectivity index (χ2v) is 9.45. The number of unbranched alkanes of at least 4 members (excludes halogenated alkanes) is 1. The van der Waals surface area contributed by atoms with Crippen molar-refractivity contribution in [2.75, 3.05) is 11.9 Å². The Balaban J connectivity index is 1.61. The molecule has 3 amide bonds. The quantitative estimate of drug-likeness (QED) is 0.640. The molecule has 2 aliphatic rings. The molecule has 1 fully saturated rings. The molecule has 1 atom stereocenters. The first-order valence-electron chi connectivity index (χ1n) is 11.6. The standard InChI is InChI=1S/C24H30ClN5O3/c1-3-4-13-29-22(32)20-14-19(21(31)27-18-12-8-7-11-17(18)25)28-30(20)15-24(29,2)23(33)26-16-9-5-6-10-16/h7-8,11-12,14,16H,3-6,9-10,13,15H2,1-2H3,(H,26,33)(H,27,31)/t24-/m1/s1. The molecule has 1 saturated carbocycles. The number of fused-ring (bicyclic) bond motifs is 1. The second-order valence-electron chi connectivity index (χ2n) is 9.05. The monoisotopic (exact) mass is 471 g/mol. The fraction of sp³-hybridized carbons (Fsp3) is 0.500. The van der Waals surface area contributed by atoms with Gasteiger partial charge in [0, 0.05) is 18.7 Å². The summed E-state index contributed by atoms with van der Waals surface area (Å²) >= 11 is 6.14. The molecule has 0 bridgehead atoms. The highest BCUT2D eigenvalue weighted by Gasteiger charge is 2.48. The van der Waals surface area contributed by atoms with Gasteiger partial charge in [-0.1, -0.05) is 49.9 Å². The van der Waals surface area contributed by atoms with Crippen molar-refractivity contribution in [2.24, 2.45) is 0 Å². The Bertz CT molecular complexity index is 1060. The summed E-state index contributed by atoms with van der Waals surface area (Å²) in [5.41, 5.74) is -0.202. The SMILES string of the molecule is CCCCN1C(=O)c2cc(C(=O)Nc3ccccc3Cl)nn2C[C@]1(C)C(=O)NC1CCCC1. The Kier molecular flexibility index (Phi) is 6.74. The molecule has 2 N–H and O–H groups in total. The maximum atomic E-state index is 13.5. The van der Waals surface area contributed by atoms with Gasteiger partial charge in [-0.2, -0.15) is 5.10 Å². The van der Waals surface area contributed by atoms with Crippen molar-refractivity contribution < 1.29 is 14.4 Å². The van der Waals surface area contributed by atoms with Gasteiger partial charge in [0.15, 0.2) is 5.69 Å². The van der Waals surface area contributed by atoms with Crippen LogP contribution in [-0.2, 0) is 11.3 Å². The van der Waals surface area contributed by atoms with E-state index in [0.29, 0.717) is 22.9 Å². The summed E-state index contributed by atoms with van der Waals surface area (Å²) in [6.07, 6.45) is 5.82. The summed E-state index contributed by atoms with van der Waals surface area (Å²) in [5, 5.41) is 10.7. The Morgan fingerprint density at radius 3 is 2.67 bits per heavy atom. The number of carbonyl (C=O) groups is 3. The van der Waals surface area contributed by atoms with E-state index in [-0.39, 0.29) is 30.1 Å². The Hall–Kier alpha value is -2.87. The van der Waals surface area contributed by atoms with Crippen molar-refractivity contribution in [3.8, 4) is 0 Å². The second kappa shape index (κ2) is 9.55. The Morgan fingerprint density at radius 2 is 1.97 bits per heavy atom. The van der Waals surface area contributed by atoms with Crippen LogP contribution in [0.15, 0.2) is 30.3 Å². The van der Waals surface area contributed by atoms with Crippen LogP contribution < -0.4 is 10.6 Å². The average molecular weight is 472 g/mol. The molecule has 176 valence electrons. The molecule has 1 aromatic carbocycles. The van der Waals surface area contributed by atoms with Crippen LogP contribution in [0, 0.1) is 0 Å². The molecule has 9 heteroatoms. The van der Waals surface area contributed by atoms with Crippen molar-refractivity contribution in [3.63, 3.8) is 0 Å². The van der Waals surface area contributed by atoms with Crippen molar-refractivity contribution in [3.05, 3.63) is 46.7 Å². The summed E-state index contributed by atoms with van der Waals surface area (Å²) in [7, 11) is 0. The fourth-order valence-electron chi connectivity index (χ4n) is 4.58. The number of para-hydroxylation sites is 1. The lowest BCUT2D eigenvalue weighted by Gasteiger charge is -2.43. The van der Waals surface area contributed by atoms with E-state index in [9.17, 15) is 14.4 Å². The summed E-state index contributed by atoms with van der Waals surface area (Å²) < 4.78 is 1.49. The number of halogens is 1. The molecule has 0 saturated heterocycles. The molecule has 1 aromatic heterocycles. The molecule has 1 aliphatic heterocycles. The fourth-order valence-corrected chi connectivity index (χ4v) is 4.76. The lowest BCUT2D eigenvalue weighted by Crippen LogP contribution is -2.65. The average Bonchev–Trinajstić information content (AvgIpc) is 3.45. The van der Waals surface area contributed by atoms with E-state index in [2.05, 4.69) is 15.7 Å². The number of benzene rings is 1. The van der Waals surface area contributed by atoms with Crippen LogP contribution >= 0.6 is 11.6 Å². The summed E-state index contributed by atoms with van der Waals surface area (Å²) in [5.74, 6) is -0.917. The molecule has 0 radical (unpaired) electrons. The highest BCUT2D eigenvalue weighted by atomic mass is 35.5. The number of nitrogens with zero attached hydrogens (tertiary/aromatic N) is 3. The van der Waals surface area contributed by atoms with Gasteiger partial charge in [-0.15, -0.1) is 0 Å². The summed E-state index contributed by atoms with van der Waals surface area (Å²) in [4.78, 5) is 41.3. The van der Waals surface area contributed by atoms with E-state index in [1.807, 2.05) is 6.92 Å². The Morgan fingerprint density at radius 1 is 1.24 bits per heavy atom.